The third-order valence-electron chi connectivity index (χ3n) is 2.38. The summed E-state index contributed by atoms with van der Waals surface area (Å²) in [6, 6.07) is 12.0. The minimum absolute atomic E-state index is 0.0915. The Kier molecular flexibility index (Phi) is 2.33. The molecule has 0 spiro atoms. The van der Waals surface area contributed by atoms with Crippen molar-refractivity contribution in [2.75, 3.05) is 0 Å². The van der Waals surface area contributed by atoms with Crippen molar-refractivity contribution in [2.24, 2.45) is 0 Å². The van der Waals surface area contributed by atoms with Crippen LogP contribution in [0.25, 0.3) is 16.8 Å². The maximum Gasteiger partial charge on any atom is 0.0682 e. The topological polar surface area (TPSA) is 20.2 Å². The fourth-order valence-corrected chi connectivity index (χ4v) is 1.63. The first-order chi connectivity index (χ1) is 6.85. The van der Waals surface area contributed by atoms with E-state index in [-0.39, 0.29) is 6.61 Å². The van der Waals surface area contributed by atoms with E-state index in [2.05, 4.69) is 6.58 Å². The van der Waals surface area contributed by atoms with Crippen molar-refractivity contribution in [3.63, 3.8) is 0 Å². The number of aliphatic hydroxyl groups excluding tert-OH is 1. The predicted octanol–water partition coefficient (Wildman–Crippen LogP) is 2.98. The fraction of sp³-hybridized carbons (Fsp3) is 0.0769. The van der Waals surface area contributed by atoms with Gasteiger partial charge in [-0.3, -0.25) is 0 Å². The normalized spacial score (nSPS) is 10.4. The summed E-state index contributed by atoms with van der Waals surface area (Å²) in [5.41, 5.74) is 2.07. The highest BCUT2D eigenvalue weighted by atomic mass is 16.3. The number of rotatable bonds is 2. The summed E-state index contributed by atoms with van der Waals surface area (Å²) in [4.78, 5) is 0. The lowest BCUT2D eigenvalue weighted by Crippen LogP contribution is -1.84. The van der Waals surface area contributed by atoms with Crippen molar-refractivity contribution >= 4 is 16.8 Å². The molecule has 2 aromatic carbocycles. The van der Waals surface area contributed by atoms with Gasteiger partial charge in [-0.05, 0) is 28.0 Å². The van der Waals surface area contributed by atoms with Crippen LogP contribution in [-0.2, 0) is 6.61 Å². The molecule has 1 N–H and O–H groups in total. The summed E-state index contributed by atoms with van der Waals surface area (Å²) < 4.78 is 0. The van der Waals surface area contributed by atoms with Gasteiger partial charge in [-0.2, -0.15) is 0 Å². The van der Waals surface area contributed by atoms with Crippen molar-refractivity contribution in [1.82, 2.24) is 0 Å². The third-order valence-corrected chi connectivity index (χ3v) is 2.38. The molecule has 0 aromatic heterocycles. The molecule has 2 aromatic rings. The third kappa shape index (κ3) is 1.42. The maximum atomic E-state index is 9.00. The number of hydrogen-bond acceptors (Lipinski definition) is 1. The van der Waals surface area contributed by atoms with E-state index >= 15 is 0 Å². The van der Waals surface area contributed by atoms with E-state index in [1.165, 1.54) is 5.39 Å². The molecule has 0 unspecified atom stereocenters. The Labute approximate surface area is 83.3 Å². The molecule has 0 radical (unpaired) electrons. The Morgan fingerprint density at radius 1 is 1.21 bits per heavy atom. The van der Waals surface area contributed by atoms with Crippen LogP contribution < -0.4 is 0 Å². The quantitative estimate of drug-likeness (QED) is 0.760. The molecular formula is C13H12O. The van der Waals surface area contributed by atoms with Crippen molar-refractivity contribution in [3.05, 3.63) is 54.1 Å². The lowest BCUT2D eigenvalue weighted by atomic mass is 10.0. The second-order valence-corrected chi connectivity index (χ2v) is 3.26. The van der Waals surface area contributed by atoms with Gasteiger partial charge < -0.3 is 5.11 Å². The summed E-state index contributed by atoms with van der Waals surface area (Å²) in [5.74, 6) is 0. The largest absolute Gasteiger partial charge is 0.392 e. The van der Waals surface area contributed by atoms with Crippen LogP contribution in [0.5, 0.6) is 0 Å². The average molecular weight is 184 g/mol. The Balaban J connectivity index is 2.73. The average Bonchev–Trinajstić information content (AvgIpc) is 2.27. The minimum Gasteiger partial charge on any atom is -0.392 e. The highest BCUT2D eigenvalue weighted by Gasteiger charge is 1.98. The lowest BCUT2D eigenvalue weighted by Gasteiger charge is -2.03. The molecule has 14 heavy (non-hydrogen) atoms. The van der Waals surface area contributed by atoms with Gasteiger partial charge in [-0.1, -0.05) is 43.0 Å². The first-order valence-electron chi connectivity index (χ1n) is 4.60. The van der Waals surface area contributed by atoms with E-state index in [9.17, 15) is 0 Å². The summed E-state index contributed by atoms with van der Waals surface area (Å²) in [6.45, 7) is 3.87. The van der Waals surface area contributed by atoms with Crippen LogP contribution in [0, 0.1) is 0 Å². The Morgan fingerprint density at radius 2 is 2.07 bits per heavy atom. The van der Waals surface area contributed by atoms with Gasteiger partial charge in [0.1, 0.15) is 0 Å². The van der Waals surface area contributed by atoms with Gasteiger partial charge in [0.2, 0.25) is 0 Å². The first-order valence-corrected chi connectivity index (χ1v) is 4.60. The van der Waals surface area contributed by atoms with Gasteiger partial charge in [-0.25, -0.2) is 0 Å². The molecule has 0 bridgehead atoms. The van der Waals surface area contributed by atoms with Crippen LogP contribution in [0.15, 0.2) is 43.0 Å². The van der Waals surface area contributed by atoms with Gasteiger partial charge in [0.25, 0.3) is 0 Å². The number of hydrogen-bond donors (Lipinski definition) is 1. The standard InChI is InChI=1S/C13H12O/c1-2-11-4-3-5-12-8-10(9-14)6-7-13(11)12/h2-8,14H,1,9H2. The molecule has 1 heteroatoms. The van der Waals surface area contributed by atoms with Gasteiger partial charge in [0.05, 0.1) is 6.61 Å². The zero-order chi connectivity index (χ0) is 9.97. The van der Waals surface area contributed by atoms with Crippen LogP contribution in [-0.4, -0.2) is 5.11 Å². The van der Waals surface area contributed by atoms with Crippen molar-refractivity contribution in [1.29, 1.82) is 0 Å². The van der Waals surface area contributed by atoms with E-state index in [1.54, 1.807) is 0 Å². The Hall–Kier alpha value is -1.60. The molecular weight excluding hydrogens is 172 g/mol. The summed E-state index contributed by atoms with van der Waals surface area (Å²) in [6.07, 6.45) is 1.85. The number of aliphatic hydroxyl groups is 1. The molecule has 0 aliphatic rings. The highest BCUT2D eigenvalue weighted by molar-refractivity contribution is 5.90. The molecule has 0 saturated carbocycles. The number of benzene rings is 2. The van der Waals surface area contributed by atoms with Crippen molar-refractivity contribution < 1.29 is 5.11 Å². The molecule has 1 nitrogen and oxygen atoms in total. The zero-order valence-corrected chi connectivity index (χ0v) is 7.90. The van der Waals surface area contributed by atoms with E-state index in [4.69, 9.17) is 5.11 Å². The molecule has 0 aliphatic carbocycles. The smallest absolute Gasteiger partial charge is 0.0682 e. The van der Waals surface area contributed by atoms with Crippen LogP contribution in [0.1, 0.15) is 11.1 Å². The first kappa shape index (κ1) is 8.97. The van der Waals surface area contributed by atoms with Gasteiger partial charge in [-0.15, -0.1) is 0 Å². The van der Waals surface area contributed by atoms with Gasteiger partial charge in [0, 0.05) is 0 Å². The predicted molar refractivity (Wildman–Crippen MR) is 60.0 cm³/mol. The maximum absolute atomic E-state index is 9.00. The molecule has 0 fully saturated rings. The van der Waals surface area contributed by atoms with Gasteiger partial charge in [0.15, 0.2) is 0 Å². The Bertz CT molecular complexity index is 472. The van der Waals surface area contributed by atoms with Crippen LogP contribution in [0.4, 0.5) is 0 Å². The van der Waals surface area contributed by atoms with E-state index in [0.717, 1.165) is 16.5 Å². The molecule has 0 saturated heterocycles. The van der Waals surface area contributed by atoms with Gasteiger partial charge >= 0.3 is 0 Å². The fourth-order valence-electron chi connectivity index (χ4n) is 1.63. The van der Waals surface area contributed by atoms with E-state index in [1.807, 2.05) is 42.5 Å². The summed E-state index contributed by atoms with van der Waals surface area (Å²) in [7, 11) is 0. The molecule has 0 atom stereocenters. The summed E-state index contributed by atoms with van der Waals surface area (Å²) in [5, 5.41) is 11.3. The second-order valence-electron chi connectivity index (χ2n) is 3.26. The molecule has 2 rings (SSSR count). The van der Waals surface area contributed by atoms with E-state index < -0.39 is 0 Å². The zero-order valence-electron chi connectivity index (χ0n) is 7.90. The molecule has 70 valence electrons. The molecule has 0 aliphatic heterocycles. The molecule has 0 heterocycles. The van der Waals surface area contributed by atoms with Crippen LogP contribution >= 0.6 is 0 Å². The lowest BCUT2D eigenvalue weighted by molar-refractivity contribution is 0.282. The SMILES string of the molecule is C=Cc1cccc2cc(CO)ccc12. The second kappa shape index (κ2) is 3.64. The monoisotopic (exact) mass is 184 g/mol. The van der Waals surface area contributed by atoms with Crippen LogP contribution in [0.3, 0.4) is 0 Å². The highest BCUT2D eigenvalue weighted by Crippen LogP contribution is 2.21. The van der Waals surface area contributed by atoms with Crippen molar-refractivity contribution in [2.45, 2.75) is 6.61 Å². The van der Waals surface area contributed by atoms with E-state index in [0.29, 0.717) is 0 Å². The Morgan fingerprint density at radius 3 is 2.79 bits per heavy atom. The summed E-state index contributed by atoms with van der Waals surface area (Å²) >= 11 is 0. The molecule has 0 amide bonds. The number of fused-ring (bicyclic) bond motifs is 1. The van der Waals surface area contributed by atoms with Crippen LogP contribution in [0.2, 0.25) is 0 Å². The minimum atomic E-state index is 0.0915. The van der Waals surface area contributed by atoms with Crippen molar-refractivity contribution in [3.8, 4) is 0 Å².